The molecule has 0 unspecified atom stereocenters. The normalized spacial score (nSPS) is 12.4. The van der Waals surface area contributed by atoms with Crippen molar-refractivity contribution in [3.8, 4) is 45.1 Å². The van der Waals surface area contributed by atoms with E-state index in [9.17, 15) is 0 Å². The molecule has 7 aromatic carbocycles. The highest BCUT2D eigenvalue weighted by Gasteiger charge is 2.28. The third-order valence-corrected chi connectivity index (χ3v) is 11.8. The van der Waals surface area contributed by atoms with Gasteiger partial charge in [0.25, 0.3) is 0 Å². The van der Waals surface area contributed by atoms with E-state index in [2.05, 4.69) is 143 Å². The summed E-state index contributed by atoms with van der Waals surface area (Å²) in [5, 5.41) is 4.68. The van der Waals surface area contributed by atoms with Crippen LogP contribution in [-0.2, 0) is 0 Å². The molecule has 11 aromatic rings. The number of hydrogen-bond acceptors (Lipinski definition) is 4. The summed E-state index contributed by atoms with van der Waals surface area (Å²) in [5.41, 5.74) is 13.1. The van der Waals surface area contributed by atoms with Gasteiger partial charge in [-0.15, -0.1) is 0 Å². The molecule has 5 heterocycles. The number of aromatic nitrogens is 4. The predicted molar refractivity (Wildman–Crippen MR) is 221 cm³/mol. The fraction of sp³-hybridized carbons (Fsp3) is 0. The highest BCUT2D eigenvalue weighted by atomic mass is 32.2. The van der Waals surface area contributed by atoms with Gasteiger partial charge in [-0.3, -0.25) is 9.13 Å². The van der Waals surface area contributed by atoms with E-state index >= 15 is 0 Å². The van der Waals surface area contributed by atoms with E-state index in [1.54, 1.807) is 0 Å². The van der Waals surface area contributed by atoms with Gasteiger partial charge in [0.05, 0.1) is 16.7 Å². The van der Waals surface area contributed by atoms with Crippen molar-refractivity contribution in [2.24, 2.45) is 0 Å². The van der Waals surface area contributed by atoms with Crippen LogP contribution in [-0.4, -0.2) is 19.1 Å². The molecule has 0 saturated carbocycles. The van der Waals surface area contributed by atoms with Crippen LogP contribution in [0.25, 0.3) is 100 Å². The molecule has 0 saturated heterocycles. The van der Waals surface area contributed by atoms with Crippen molar-refractivity contribution in [2.45, 2.75) is 9.79 Å². The van der Waals surface area contributed by atoms with Gasteiger partial charge in [0.15, 0.2) is 11.4 Å². The summed E-state index contributed by atoms with van der Waals surface area (Å²) >= 11 is 1.85. The first-order valence-corrected chi connectivity index (χ1v) is 18.9. The SMILES string of the molecule is c1ccc(-c2nc(-c3ccccc3-c3ccc4c(c3)c3c5cccc6c5n(c3n4-c3ccccc3)-c3ccccc3S6)nc3c2oc2ccccc23)cc1. The van der Waals surface area contributed by atoms with E-state index in [0.29, 0.717) is 11.4 Å². The lowest BCUT2D eigenvalue weighted by Crippen LogP contribution is -2.05. The summed E-state index contributed by atoms with van der Waals surface area (Å²) in [5.74, 6) is 0.663. The Bertz CT molecular complexity index is 3300. The van der Waals surface area contributed by atoms with Gasteiger partial charge in [-0.2, -0.15) is 0 Å². The van der Waals surface area contributed by atoms with Crippen LogP contribution >= 0.6 is 11.8 Å². The van der Waals surface area contributed by atoms with Crippen molar-refractivity contribution >= 4 is 66.7 Å². The van der Waals surface area contributed by atoms with E-state index < -0.39 is 0 Å². The first-order chi connectivity index (χ1) is 26.8. The molecule has 0 spiro atoms. The Hall–Kier alpha value is -6.89. The van der Waals surface area contributed by atoms with Crippen LogP contribution in [0.4, 0.5) is 0 Å². The number of para-hydroxylation sites is 4. The molecule has 1 aliphatic rings. The van der Waals surface area contributed by atoms with Crippen LogP contribution in [0, 0.1) is 0 Å². The zero-order valence-electron chi connectivity index (χ0n) is 28.8. The third kappa shape index (κ3) is 4.17. The van der Waals surface area contributed by atoms with Gasteiger partial charge in [0.1, 0.15) is 22.4 Å². The molecule has 0 aliphatic carbocycles. The molecular weight excluding hydrogens is 681 g/mol. The predicted octanol–water partition coefficient (Wildman–Crippen LogP) is 12.9. The minimum Gasteiger partial charge on any atom is -0.452 e. The summed E-state index contributed by atoms with van der Waals surface area (Å²) in [6.45, 7) is 0. The van der Waals surface area contributed by atoms with Crippen LogP contribution in [0.15, 0.2) is 184 Å². The minimum atomic E-state index is 0.663. The van der Waals surface area contributed by atoms with E-state index in [1.807, 2.05) is 48.2 Å². The Labute approximate surface area is 313 Å². The van der Waals surface area contributed by atoms with Crippen molar-refractivity contribution < 1.29 is 4.42 Å². The maximum absolute atomic E-state index is 6.42. The lowest BCUT2D eigenvalue weighted by atomic mass is 9.97. The molecule has 1 aliphatic heterocycles. The molecule has 54 heavy (non-hydrogen) atoms. The van der Waals surface area contributed by atoms with Crippen molar-refractivity contribution in [1.29, 1.82) is 0 Å². The lowest BCUT2D eigenvalue weighted by Gasteiger charge is -2.21. The second-order valence-electron chi connectivity index (χ2n) is 13.7. The largest absolute Gasteiger partial charge is 0.452 e. The number of rotatable bonds is 4. The smallest absolute Gasteiger partial charge is 0.180 e. The molecule has 6 heteroatoms. The molecule has 252 valence electrons. The van der Waals surface area contributed by atoms with E-state index in [0.717, 1.165) is 55.6 Å². The topological polar surface area (TPSA) is 48.8 Å². The molecule has 0 atom stereocenters. The van der Waals surface area contributed by atoms with Crippen molar-refractivity contribution in [3.63, 3.8) is 0 Å². The highest BCUT2D eigenvalue weighted by Crippen LogP contribution is 2.50. The zero-order valence-corrected chi connectivity index (χ0v) is 29.6. The molecule has 5 nitrogen and oxygen atoms in total. The van der Waals surface area contributed by atoms with Gasteiger partial charge in [0.2, 0.25) is 0 Å². The Morgan fingerprint density at radius 2 is 1.24 bits per heavy atom. The number of fused-ring (bicyclic) bond motifs is 10. The van der Waals surface area contributed by atoms with Crippen LogP contribution < -0.4 is 0 Å². The summed E-state index contributed by atoms with van der Waals surface area (Å²) in [6.07, 6.45) is 0. The summed E-state index contributed by atoms with van der Waals surface area (Å²) in [4.78, 5) is 13.0. The Balaban J connectivity index is 1.15. The van der Waals surface area contributed by atoms with Gasteiger partial charge < -0.3 is 4.42 Å². The van der Waals surface area contributed by atoms with Gasteiger partial charge in [-0.25, -0.2) is 9.97 Å². The summed E-state index contributed by atoms with van der Waals surface area (Å²) < 4.78 is 11.3. The molecule has 0 fully saturated rings. The molecular formula is C48H28N4OS. The lowest BCUT2D eigenvalue weighted by molar-refractivity contribution is 0.667. The van der Waals surface area contributed by atoms with Crippen LogP contribution in [0.3, 0.4) is 0 Å². The molecule has 12 rings (SSSR count). The first kappa shape index (κ1) is 29.7. The quantitative estimate of drug-likeness (QED) is 0.183. The number of hydrogen-bond donors (Lipinski definition) is 0. The Kier molecular flexibility index (Phi) is 6.21. The zero-order chi connectivity index (χ0) is 35.3. The average Bonchev–Trinajstić information content (AvgIpc) is 3.90. The van der Waals surface area contributed by atoms with Gasteiger partial charge in [0, 0.05) is 48.2 Å². The summed E-state index contributed by atoms with van der Waals surface area (Å²) in [6, 6.07) is 60.0. The van der Waals surface area contributed by atoms with E-state index in [1.165, 1.54) is 42.8 Å². The number of furan rings is 1. The van der Waals surface area contributed by atoms with Gasteiger partial charge in [-0.05, 0) is 65.7 Å². The molecule has 0 amide bonds. The standard InChI is InChI=1S/C48H28N4OS/c1-3-14-29(15-4-1)43-46-44(34-20-9-11-23-39(34)53-46)50-47(49-43)33-19-8-7-18-32(33)30-26-27-37-36(28-30)42-35-21-13-25-41-45(35)52(38-22-10-12-24-40(38)54-41)48(42)51(37)31-16-5-2-6-17-31/h1-28H. The van der Waals surface area contributed by atoms with Crippen LogP contribution in [0.1, 0.15) is 0 Å². The maximum atomic E-state index is 6.42. The second-order valence-corrected chi connectivity index (χ2v) is 14.8. The van der Waals surface area contributed by atoms with Crippen molar-refractivity contribution in [1.82, 2.24) is 19.1 Å². The molecule has 0 bridgehead atoms. The third-order valence-electron chi connectivity index (χ3n) is 10.7. The minimum absolute atomic E-state index is 0.663. The molecule has 4 aromatic heterocycles. The van der Waals surface area contributed by atoms with Crippen molar-refractivity contribution in [2.75, 3.05) is 0 Å². The number of nitrogens with zero attached hydrogens (tertiary/aromatic N) is 4. The van der Waals surface area contributed by atoms with E-state index in [4.69, 9.17) is 14.4 Å². The highest BCUT2D eigenvalue weighted by molar-refractivity contribution is 7.99. The fourth-order valence-electron chi connectivity index (χ4n) is 8.42. The van der Waals surface area contributed by atoms with Crippen LogP contribution in [0.2, 0.25) is 0 Å². The Morgan fingerprint density at radius 3 is 2.13 bits per heavy atom. The number of benzene rings is 7. The van der Waals surface area contributed by atoms with E-state index in [-0.39, 0.29) is 0 Å². The van der Waals surface area contributed by atoms with Gasteiger partial charge >= 0.3 is 0 Å². The Morgan fingerprint density at radius 1 is 0.519 bits per heavy atom. The summed E-state index contributed by atoms with van der Waals surface area (Å²) in [7, 11) is 0. The molecule has 0 N–H and O–H groups in total. The second kappa shape index (κ2) is 11.3. The average molecular weight is 709 g/mol. The first-order valence-electron chi connectivity index (χ1n) is 18.1. The van der Waals surface area contributed by atoms with Gasteiger partial charge in [-0.1, -0.05) is 127 Å². The monoisotopic (exact) mass is 708 g/mol. The van der Waals surface area contributed by atoms with Crippen LogP contribution in [0.5, 0.6) is 0 Å². The molecule has 0 radical (unpaired) electrons. The fourth-order valence-corrected chi connectivity index (χ4v) is 9.51. The van der Waals surface area contributed by atoms with Crippen molar-refractivity contribution in [3.05, 3.63) is 170 Å². The maximum Gasteiger partial charge on any atom is 0.180 e.